The summed E-state index contributed by atoms with van der Waals surface area (Å²) in [5.74, 6) is -1.33. The van der Waals surface area contributed by atoms with E-state index in [0.717, 1.165) is 37.0 Å². The van der Waals surface area contributed by atoms with Gasteiger partial charge in [-0.2, -0.15) is 13.2 Å². The molecule has 2 aliphatic rings. The summed E-state index contributed by atoms with van der Waals surface area (Å²) in [4.78, 5) is 12.2. The monoisotopic (exact) mass is 221 g/mol. The lowest BCUT2D eigenvalue weighted by molar-refractivity contribution is -0.187. The maximum absolute atomic E-state index is 12.3. The van der Waals surface area contributed by atoms with Crippen LogP contribution in [-0.4, -0.2) is 29.6 Å². The van der Waals surface area contributed by atoms with Crippen molar-refractivity contribution in [2.45, 2.75) is 44.3 Å². The molecule has 15 heavy (non-hydrogen) atoms. The molecule has 0 aromatic heterocycles. The van der Waals surface area contributed by atoms with Crippen molar-refractivity contribution in [1.82, 2.24) is 4.90 Å². The molecule has 0 radical (unpaired) electrons. The summed E-state index contributed by atoms with van der Waals surface area (Å²) in [6.07, 6.45) is -0.199. The fourth-order valence-electron chi connectivity index (χ4n) is 2.82. The van der Waals surface area contributed by atoms with Crippen LogP contribution in [0.4, 0.5) is 13.2 Å². The van der Waals surface area contributed by atoms with Gasteiger partial charge in [0.15, 0.2) is 0 Å². The van der Waals surface area contributed by atoms with Crippen molar-refractivity contribution in [3.8, 4) is 0 Å². The van der Waals surface area contributed by atoms with Crippen LogP contribution in [0, 0.1) is 5.92 Å². The Labute approximate surface area is 86.4 Å². The molecule has 2 fully saturated rings. The van der Waals surface area contributed by atoms with Crippen molar-refractivity contribution in [1.29, 1.82) is 0 Å². The van der Waals surface area contributed by atoms with Crippen molar-refractivity contribution in [2.24, 2.45) is 5.92 Å². The largest absolute Gasteiger partial charge is 0.471 e. The van der Waals surface area contributed by atoms with Gasteiger partial charge in [-0.05, 0) is 25.2 Å². The molecule has 2 atom stereocenters. The lowest BCUT2D eigenvalue weighted by atomic mass is 9.85. The van der Waals surface area contributed by atoms with Crippen LogP contribution in [0.1, 0.15) is 32.1 Å². The number of nitrogens with zero attached hydrogens (tertiary/aromatic N) is 1. The first-order chi connectivity index (χ1) is 7.00. The van der Waals surface area contributed by atoms with Gasteiger partial charge >= 0.3 is 12.1 Å². The zero-order valence-electron chi connectivity index (χ0n) is 8.39. The van der Waals surface area contributed by atoms with Gasteiger partial charge in [0.05, 0.1) is 0 Å². The van der Waals surface area contributed by atoms with Crippen LogP contribution in [0.2, 0.25) is 0 Å². The van der Waals surface area contributed by atoms with Crippen LogP contribution in [0.25, 0.3) is 0 Å². The zero-order chi connectivity index (χ0) is 11.1. The minimum absolute atomic E-state index is 0.145. The normalized spacial score (nSPS) is 31.5. The molecule has 2 rings (SSSR count). The molecule has 1 heterocycles. The molecule has 0 bridgehead atoms. The van der Waals surface area contributed by atoms with Gasteiger partial charge in [-0.25, -0.2) is 0 Å². The van der Waals surface area contributed by atoms with Gasteiger partial charge in [-0.1, -0.05) is 12.8 Å². The smallest absolute Gasteiger partial charge is 0.332 e. The molecule has 0 spiro atoms. The molecule has 0 aromatic carbocycles. The molecule has 1 amide bonds. The Bertz CT molecular complexity index is 264. The van der Waals surface area contributed by atoms with Crippen LogP contribution in [0.5, 0.6) is 0 Å². The van der Waals surface area contributed by atoms with Gasteiger partial charge in [-0.15, -0.1) is 0 Å². The number of alkyl halides is 3. The topological polar surface area (TPSA) is 20.3 Å². The number of hydrogen-bond acceptors (Lipinski definition) is 1. The second kappa shape index (κ2) is 3.68. The van der Waals surface area contributed by atoms with Crippen LogP contribution in [0.15, 0.2) is 0 Å². The lowest BCUT2D eigenvalue weighted by Gasteiger charge is -2.31. The van der Waals surface area contributed by atoms with E-state index in [-0.39, 0.29) is 12.6 Å². The van der Waals surface area contributed by atoms with Crippen molar-refractivity contribution >= 4 is 5.91 Å². The molecule has 0 N–H and O–H groups in total. The maximum Gasteiger partial charge on any atom is 0.471 e. The molecule has 86 valence electrons. The molecular formula is C10H14F3NO. The Balaban J connectivity index is 2.08. The Morgan fingerprint density at radius 2 is 1.80 bits per heavy atom. The van der Waals surface area contributed by atoms with E-state index >= 15 is 0 Å². The van der Waals surface area contributed by atoms with Crippen LogP contribution in [-0.2, 0) is 4.79 Å². The molecule has 2 nitrogen and oxygen atoms in total. The van der Waals surface area contributed by atoms with E-state index in [9.17, 15) is 18.0 Å². The molecule has 0 aromatic rings. The number of carbonyl (C=O) groups is 1. The molecule has 1 aliphatic carbocycles. The third-order valence-corrected chi connectivity index (χ3v) is 3.51. The second-order valence-corrected chi connectivity index (χ2v) is 4.40. The zero-order valence-corrected chi connectivity index (χ0v) is 8.39. The van der Waals surface area contributed by atoms with Gasteiger partial charge in [0.25, 0.3) is 0 Å². The summed E-state index contributed by atoms with van der Waals surface area (Å²) in [7, 11) is 0. The van der Waals surface area contributed by atoms with E-state index in [1.54, 1.807) is 0 Å². The Morgan fingerprint density at radius 3 is 2.47 bits per heavy atom. The van der Waals surface area contributed by atoms with Crippen LogP contribution < -0.4 is 0 Å². The highest BCUT2D eigenvalue weighted by atomic mass is 19.4. The van der Waals surface area contributed by atoms with Gasteiger partial charge in [-0.3, -0.25) is 4.79 Å². The van der Waals surface area contributed by atoms with E-state index in [4.69, 9.17) is 0 Å². The Morgan fingerprint density at radius 1 is 1.13 bits per heavy atom. The average molecular weight is 221 g/mol. The van der Waals surface area contributed by atoms with E-state index in [0.29, 0.717) is 5.92 Å². The van der Waals surface area contributed by atoms with Crippen LogP contribution >= 0.6 is 0 Å². The summed E-state index contributed by atoms with van der Waals surface area (Å²) in [5.41, 5.74) is 0. The van der Waals surface area contributed by atoms with Gasteiger partial charge < -0.3 is 4.90 Å². The Hall–Kier alpha value is -0.740. The summed E-state index contributed by atoms with van der Waals surface area (Å²) in [6, 6.07) is -0.145. The predicted molar refractivity (Wildman–Crippen MR) is 48.1 cm³/mol. The highest BCUT2D eigenvalue weighted by Gasteiger charge is 2.48. The fourth-order valence-corrected chi connectivity index (χ4v) is 2.82. The van der Waals surface area contributed by atoms with E-state index in [1.165, 1.54) is 0 Å². The van der Waals surface area contributed by atoms with Crippen molar-refractivity contribution in [2.75, 3.05) is 6.54 Å². The van der Waals surface area contributed by atoms with Crippen molar-refractivity contribution < 1.29 is 18.0 Å². The number of hydrogen-bond donors (Lipinski definition) is 0. The SMILES string of the molecule is O=C(N1CC[C@H]2CCCC[C@H]21)C(F)(F)F. The minimum atomic E-state index is -4.70. The number of fused-ring (bicyclic) bond motifs is 1. The summed E-state index contributed by atoms with van der Waals surface area (Å²) in [5, 5.41) is 0. The van der Waals surface area contributed by atoms with Crippen molar-refractivity contribution in [3.63, 3.8) is 0 Å². The predicted octanol–water partition coefficient (Wildman–Crippen LogP) is 2.34. The van der Waals surface area contributed by atoms with Gasteiger partial charge in [0.1, 0.15) is 0 Å². The third-order valence-electron chi connectivity index (χ3n) is 3.51. The van der Waals surface area contributed by atoms with Gasteiger partial charge in [0.2, 0.25) is 0 Å². The number of halogens is 3. The number of rotatable bonds is 0. The molecule has 1 aliphatic heterocycles. The standard InChI is InChI=1S/C10H14F3NO/c11-10(12,13)9(15)14-6-5-7-3-1-2-4-8(7)14/h7-8H,1-6H2/t7-,8-/m1/s1. The van der Waals surface area contributed by atoms with E-state index < -0.39 is 12.1 Å². The summed E-state index contributed by atoms with van der Waals surface area (Å²) >= 11 is 0. The summed E-state index contributed by atoms with van der Waals surface area (Å²) in [6.45, 7) is 0.285. The average Bonchev–Trinajstić information content (AvgIpc) is 2.58. The first-order valence-corrected chi connectivity index (χ1v) is 5.38. The number of likely N-dealkylation sites (tertiary alicyclic amines) is 1. The number of carbonyl (C=O) groups excluding carboxylic acids is 1. The van der Waals surface area contributed by atoms with E-state index in [1.807, 2.05) is 0 Å². The Kier molecular flexibility index (Phi) is 2.64. The molecule has 1 saturated heterocycles. The highest BCUT2D eigenvalue weighted by molar-refractivity contribution is 5.82. The fraction of sp³-hybridized carbons (Fsp3) is 0.900. The highest BCUT2D eigenvalue weighted by Crippen LogP contribution is 2.37. The molecule has 5 heteroatoms. The second-order valence-electron chi connectivity index (χ2n) is 4.40. The third kappa shape index (κ3) is 1.96. The first-order valence-electron chi connectivity index (χ1n) is 5.38. The molecule has 0 unspecified atom stereocenters. The molecule has 1 saturated carbocycles. The van der Waals surface area contributed by atoms with Crippen molar-refractivity contribution in [3.05, 3.63) is 0 Å². The quantitative estimate of drug-likeness (QED) is 0.614. The van der Waals surface area contributed by atoms with Crippen LogP contribution in [0.3, 0.4) is 0 Å². The van der Waals surface area contributed by atoms with E-state index in [2.05, 4.69) is 0 Å². The molecular weight excluding hydrogens is 207 g/mol. The first kappa shape index (κ1) is 10.8. The summed E-state index contributed by atoms with van der Waals surface area (Å²) < 4.78 is 36.8. The van der Waals surface area contributed by atoms with Gasteiger partial charge in [0, 0.05) is 12.6 Å². The minimum Gasteiger partial charge on any atom is -0.332 e. The number of amides is 1. The maximum atomic E-state index is 12.3. The lowest BCUT2D eigenvalue weighted by Crippen LogP contribution is -2.45.